The van der Waals surface area contributed by atoms with Gasteiger partial charge in [0.25, 0.3) is 0 Å². The number of likely N-dealkylation sites (tertiary alicyclic amines) is 1. The van der Waals surface area contributed by atoms with Gasteiger partial charge < -0.3 is 0 Å². The normalized spacial score (nSPS) is 19.0. The van der Waals surface area contributed by atoms with Gasteiger partial charge in [-0.05, 0) is 49.1 Å². The molecule has 0 radical (unpaired) electrons. The molecule has 6 heteroatoms. The van der Waals surface area contributed by atoms with Crippen molar-refractivity contribution in [2.24, 2.45) is 5.92 Å². The summed E-state index contributed by atoms with van der Waals surface area (Å²) < 4.78 is 1.94. The van der Waals surface area contributed by atoms with Crippen molar-refractivity contribution in [2.45, 2.75) is 25.9 Å². The lowest BCUT2D eigenvalue weighted by Gasteiger charge is -2.32. The van der Waals surface area contributed by atoms with E-state index in [-0.39, 0.29) is 0 Å². The zero-order valence-electron chi connectivity index (χ0n) is 13.5. The number of piperidine rings is 1. The number of nitrogens with zero attached hydrogens (tertiary/aromatic N) is 5. The minimum atomic E-state index is 0.618. The maximum Gasteiger partial charge on any atom is 0.137 e. The molecule has 0 N–H and O–H groups in total. The van der Waals surface area contributed by atoms with Gasteiger partial charge in [-0.25, -0.2) is 4.98 Å². The van der Waals surface area contributed by atoms with Crippen LogP contribution in [0.1, 0.15) is 18.4 Å². The summed E-state index contributed by atoms with van der Waals surface area (Å²) in [6.07, 6.45) is 7.71. The third kappa shape index (κ3) is 3.28. The minimum Gasteiger partial charge on any atom is -0.299 e. The summed E-state index contributed by atoms with van der Waals surface area (Å²) in [6.45, 7) is 4.07. The Kier molecular flexibility index (Phi) is 4.45. The largest absolute Gasteiger partial charge is 0.299 e. The van der Waals surface area contributed by atoms with E-state index in [0.717, 1.165) is 42.1 Å². The second kappa shape index (κ2) is 6.87. The fourth-order valence-electron chi connectivity index (χ4n) is 3.60. The molecule has 1 aliphatic heterocycles. The molecule has 1 fully saturated rings. The molecular formula is C18H20ClN5. The van der Waals surface area contributed by atoms with Crippen LogP contribution in [-0.4, -0.2) is 37.7 Å². The lowest BCUT2D eigenvalue weighted by atomic mass is 9.97. The van der Waals surface area contributed by atoms with Crippen molar-refractivity contribution in [3.63, 3.8) is 0 Å². The highest BCUT2D eigenvalue weighted by Gasteiger charge is 2.21. The van der Waals surface area contributed by atoms with Crippen molar-refractivity contribution in [2.75, 3.05) is 13.1 Å². The van der Waals surface area contributed by atoms with Crippen LogP contribution in [0.25, 0.3) is 10.9 Å². The fourth-order valence-corrected chi connectivity index (χ4v) is 3.82. The number of benzene rings is 1. The van der Waals surface area contributed by atoms with Crippen molar-refractivity contribution in [3.05, 3.63) is 53.7 Å². The summed E-state index contributed by atoms with van der Waals surface area (Å²) >= 11 is 6.31. The van der Waals surface area contributed by atoms with Gasteiger partial charge in [-0.1, -0.05) is 17.7 Å². The molecule has 1 atom stereocenters. The molecule has 0 spiro atoms. The molecule has 4 rings (SSSR count). The zero-order valence-corrected chi connectivity index (χ0v) is 14.2. The van der Waals surface area contributed by atoms with Crippen LogP contribution in [0.5, 0.6) is 0 Å². The van der Waals surface area contributed by atoms with Gasteiger partial charge in [0, 0.05) is 36.2 Å². The van der Waals surface area contributed by atoms with Crippen molar-refractivity contribution in [1.82, 2.24) is 24.6 Å². The average Bonchev–Trinajstić information content (AvgIpc) is 3.11. The van der Waals surface area contributed by atoms with Crippen molar-refractivity contribution in [3.8, 4) is 0 Å². The van der Waals surface area contributed by atoms with E-state index in [0.29, 0.717) is 5.92 Å². The van der Waals surface area contributed by atoms with Gasteiger partial charge in [0.2, 0.25) is 0 Å². The van der Waals surface area contributed by atoms with Gasteiger partial charge >= 0.3 is 0 Å². The molecule has 0 saturated carbocycles. The number of rotatable bonds is 4. The van der Waals surface area contributed by atoms with Crippen LogP contribution >= 0.6 is 11.6 Å². The Morgan fingerprint density at radius 1 is 1.25 bits per heavy atom. The third-order valence-electron chi connectivity index (χ3n) is 4.71. The molecule has 0 amide bonds. The molecule has 5 nitrogen and oxygen atoms in total. The number of aromatic nitrogens is 4. The van der Waals surface area contributed by atoms with Crippen molar-refractivity contribution >= 4 is 22.5 Å². The first-order valence-electron chi connectivity index (χ1n) is 8.36. The summed E-state index contributed by atoms with van der Waals surface area (Å²) in [5, 5.41) is 6.04. The Morgan fingerprint density at radius 2 is 2.21 bits per heavy atom. The molecule has 124 valence electrons. The van der Waals surface area contributed by atoms with Crippen molar-refractivity contribution in [1.29, 1.82) is 0 Å². The quantitative estimate of drug-likeness (QED) is 0.729. The average molecular weight is 342 g/mol. The second-order valence-corrected chi connectivity index (χ2v) is 6.87. The SMILES string of the molecule is Clc1ccc(CN2CCC[C@H](Cn3cncn3)C2)c2ncccc12. The van der Waals surface area contributed by atoms with E-state index < -0.39 is 0 Å². The predicted octanol–water partition coefficient (Wildman–Crippen LogP) is 3.39. The maximum atomic E-state index is 6.31. The molecule has 1 aliphatic rings. The number of hydrogen-bond acceptors (Lipinski definition) is 4. The Morgan fingerprint density at radius 3 is 3.08 bits per heavy atom. The van der Waals surface area contributed by atoms with Crippen LogP contribution in [0.3, 0.4) is 0 Å². The summed E-state index contributed by atoms with van der Waals surface area (Å²) in [4.78, 5) is 11.1. The Hall–Kier alpha value is -1.98. The molecular weight excluding hydrogens is 322 g/mol. The van der Waals surface area contributed by atoms with Gasteiger partial charge in [0.05, 0.1) is 5.52 Å². The minimum absolute atomic E-state index is 0.618. The smallest absolute Gasteiger partial charge is 0.137 e. The highest BCUT2D eigenvalue weighted by Crippen LogP contribution is 2.27. The molecule has 0 unspecified atom stereocenters. The Labute approximate surface area is 146 Å². The van der Waals surface area contributed by atoms with Crippen LogP contribution in [-0.2, 0) is 13.1 Å². The monoisotopic (exact) mass is 341 g/mol. The first kappa shape index (κ1) is 15.5. The highest BCUT2D eigenvalue weighted by atomic mass is 35.5. The molecule has 3 heterocycles. The number of halogens is 1. The summed E-state index contributed by atoms with van der Waals surface area (Å²) in [5.41, 5.74) is 2.26. The summed E-state index contributed by atoms with van der Waals surface area (Å²) in [7, 11) is 0. The molecule has 0 bridgehead atoms. The molecule has 1 aromatic carbocycles. The number of fused-ring (bicyclic) bond motifs is 1. The summed E-state index contributed by atoms with van der Waals surface area (Å²) in [5.74, 6) is 0.618. The number of hydrogen-bond donors (Lipinski definition) is 0. The van der Waals surface area contributed by atoms with E-state index in [4.69, 9.17) is 11.6 Å². The van der Waals surface area contributed by atoms with Crippen molar-refractivity contribution < 1.29 is 0 Å². The number of pyridine rings is 1. The van der Waals surface area contributed by atoms with Crippen LogP contribution in [0, 0.1) is 5.92 Å². The maximum absolute atomic E-state index is 6.31. The second-order valence-electron chi connectivity index (χ2n) is 6.47. The molecule has 2 aromatic heterocycles. The Balaban J connectivity index is 1.50. The molecule has 3 aromatic rings. The highest BCUT2D eigenvalue weighted by molar-refractivity contribution is 6.35. The van der Waals surface area contributed by atoms with Crippen LogP contribution in [0.4, 0.5) is 0 Å². The van der Waals surface area contributed by atoms with Gasteiger partial charge in [-0.15, -0.1) is 0 Å². The fraction of sp³-hybridized carbons (Fsp3) is 0.389. The lowest BCUT2D eigenvalue weighted by molar-refractivity contribution is 0.153. The van der Waals surface area contributed by atoms with Crippen LogP contribution < -0.4 is 0 Å². The van der Waals surface area contributed by atoms with E-state index in [9.17, 15) is 0 Å². The van der Waals surface area contributed by atoms with Crippen LogP contribution in [0.15, 0.2) is 43.1 Å². The predicted molar refractivity (Wildman–Crippen MR) is 94.8 cm³/mol. The first-order chi connectivity index (χ1) is 11.8. The van der Waals surface area contributed by atoms with Gasteiger partial charge in [-0.3, -0.25) is 14.6 Å². The van der Waals surface area contributed by atoms with Gasteiger partial charge in [-0.2, -0.15) is 5.10 Å². The topological polar surface area (TPSA) is 46.8 Å². The van der Waals surface area contributed by atoms with E-state index in [1.807, 2.05) is 29.1 Å². The first-order valence-corrected chi connectivity index (χ1v) is 8.74. The summed E-state index contributed by atoms with van der Waals surface area (Å²) in [6, 6.07) is 8.07. The molecule has 0 aliphatic carbocycles. The zero-order chi connectivity index (χ0) is 16.4. The van der Waals surface area contributed by atoms with Gasteiger partial charge in [0.1, 0.15) is 12.7 Å². The lowest BCUT2D eigenvalue weighted by Crippen LogP contribution is -2.36. The van der Waals surface area contributed by atoms with E-state index in [2.05, 4.69) is 26.0 Å². The van der Waals surface area contributed by atoms with Crippen LogP contribution in [0.2, 0.25) is 5.02 Å². The Bertz CT molecular complexity index is 817. The van der Waals surface area contributed by atoms with E-state index in [1.54, 1.807) is 12.7 Å². The standard InChI is InChI=1S/C18H20ClN5/c19-17-6-5-15(18-16(17)4-1-7-21-18)11-23-8-2-3-14(9-23)10-24-13-20-12-22-24/h1,4-7,12-14H,2-3,8-11H2/t14-/m0/s1. The van der Waals surface area contributed by atoms with Gasteiger partial charge in [0.15, 0.2) is 0 Å². The molecule has 24 heavy (non-hydrogen) atoms. The van der Waals surface area contributed by atoms with E-state index in [1.165, 1.54) is 18.4 Å². The molecule has 1 saturated heterocycles. The third-order valence-corrected chi connectivity index (χ3v) is 5.04. The van der Waals surface area contributed by atoms with E-state index >= 15 is 0 Å².